The average molecular weight is 441 g/mol. The highest BCUT2D eigenvalue weighted by Crippen LogP contribution is 2.33. The Morgan fingerprint density at radius 1 is 0.966 bits per heavy atom. The SMILES string of the molecule is O=C(Nc1ccc(NC(=S)Nc2ccc(F)c(C(F)(F)F)c2)cc1)c1csnn1. The molecule has 0 aliphatic heterocycles. The minimum Gasteiger partial charge on any atom is -0.332 e. The van der Waals surface area contributed by atoms with Crippen molar-refractivity contribution in [1.29, 1.82) is 0 Å². The molecule has 3 N–H and O–H groups in total. The molecule has 1 aromatic heterocycles. The minimum absolute atomic E-state index is 0.00932. The summed E-state index contributed by atoms with van der Waals surface area (Å²) in [4.78, 5) is 11.9. The van der Waals surface area contributed by atoms with E-state index in [1.54, 1.807) is 24.3 Å². The van der Waals surface area contributed by atoms with E-state index in [-0.39, 0.29) is 16.5 Å². The van der Waals surface area contributed by atoms with Crippen LogP contribution >= 0.6 is 23.8 Å². The molecule has 150 valence electrons. The standard InChI is InChI=1S/C17H11F4N5OS2/c18-13-6-5-11(7-12(13)17(19,20)21)24-16(28)23-10-3-1-9(2-4-10)22-15(27)14-8-29-26-25-14/h1-8H,(H,22,27)(H2,23,24,28). The van der Waals surface area contributed by atoms with E-state index in [0.29, 0.717) is 23.5 Å². The molecule has 1 amide bonds. The van der Waals surface area contributed by atoms with E-state index in [9.17, 15) is 22.4 Å². The number of anilines is 3. The first-order valence-corrected chi connectivity index (χ1v) is 9.10. The Labute approximate surface area is 171 Å². The molecule has 6 nitrogen and oxygen atoms in total. The molecule has 3 rings (SSSR count). The fourth-order valence-corrected chi connectivity index (χ4v) is 2.88. The maximum Gasteiger partial charge on any atom is 0.419 e. The van der Waals surface area contributed by atoms with Gasteiger partial charge in [-0.15, -0.1) is 5.10 Å². The summed E-state index contributed by atoms with van der Waals surface area (Å²) in [6, 6.07) is 8.90. The third-order valence-corrected chi connectivity index (χ3v) is 4.23. The number of thiocarbonyl (C=S) groups is 1. The molecular formula is C17H11F4N5OS2. The van der Waals surface area contributed by atoms with Gasteiger partial charge in [-0.3, -0.25) is 4.79 Å². The van der Waals surface area contributed by atoms with Crippen molar-refractivity contribution in [2.75, 3.05) is 16.0 Å². The second-order valence-corrected chi connectivity index (χ2v) is 6.61. The van der Waals surface area contributed by atoms with Gasteiger partial charge >= 0.3 is 6.18 Å². The van der Waals surface area contributed by atoms with Crippen LogP contribution in [0.15, 0.2) is 47.8 Å². The number of hydrogen-bond donors (Lipinski definition) is 3. The summed E-state index contributed by atoms with van der Waals surface area (Å²) < 4.78 is 55.3. The number of nitrogens with one attached hydrogen (secondary N) is 3. The third kappa shape index (κ3) is 5.45. The monoisotopic (exact) mass is 441 g/mol. The zero-order valence-corrected chi connectivity index (χ0v) is 15.9. The molecule has 0 fully saturated rings. The zero-order valence-electron chi connectivity index (χ0n) is 14.2. The Morgan fingerprint density at radius 3 is 2.14 bits per heavy atom. The number of carbonyl (C=O) groups excluding carboxylic acids is 1. The molecular weight excluding hydrogens is 430 g/mol. The number of hydrogen-bond acceptors (Lipinski definition) is 5. The molecule has 0 atom stereocenters. The number of nitrogens with zero attached hydrogens (tertiary/aromatic N) is 2. The number of alkyl halides is 3. The van der Waals surface area contributed by atoms with E-state index in [1.807, 2.05) is 0 Å². The first-order chi connectivity index (χ1) is 13.7. The van der Waals surface area contributed by atoms with Crippen molar-refractivity contribution in [3.8, 4) is 0 Å². The first kappa shape index (κ1) is 20.6. The topological polar surface area (TPSA) is 78.9 Å². The summed E-state index contributed by atoms with van der Waals surface area (Å²) in [6.07, 6.45) is -4.81. The summed E-state index contributed by atoms with van der Waals surface area (Å²) in [5.74, 6) is -1.78. The van der Waals surface area contributed by atoms with Gasteiger partial charge in [0, 0.05) is 22.4 Å². The van der Waals surface area contributed by atoms with Crippen LogP contribution in [-0.4, -0.2) is 20.6 Å². The van der Waals surface area contributed by atoms with Crippen molar-refractivity contribution in [3.05, 3.63) is 64.9 Å². The molecule has 0 unspecified atom stereocenters. The number of amides is 1. The van der Waals surface area contributed by atoms with Crippen LogP contribution in [0.5, 0.6) is 0 Å². The highest BCUT2D eigenvalue weighted by atomic mass is 32.1. The number of rotatable bonds is 4. The lowest BCUT2D eigenvalue weighted by Crippen LogP contribution is -2.20. The maximum atomic E-state index is 13.3. The van der Waals surface area contributed by atoms with Crippen molar-refractivity contribution in [2.45, 2.75) is 6.18 Å². The minimum atomic E-state index is -4.81. The van der Waals surface area contributed by atoms with Gasteiger partial charge in [-0.2, -0.15) is 13.2 Å². The quantitative estimate of drug-likeness (QED) is 0.400. The Balaban J connectivity index is 1.60. The average Bonchev–Trinajstić information content (AvgIpc) is 3.19. The largest absolute Gasteiger partial charge is 0.419 e. The van der Waals surface area contributed by atoms with Gasteiger partial charge in [0.1, 0.15) is 5.82 Å². The molecule has 0 saturated heterocycles. The van der Waals surface area contributed by atoms with Crippen LogP contribution in [0.25, 0.3) is 0 Å². The maximum absolute atomic E-state index is 13.3. The Morgan fingerprint density at radius 2 is 1.55 bits per heavy atom. The van der Waals surface area contributed by atoms with E-state index in [4.69, 9.17) is 12.2 Å². The van der Waals surface area contributed by atoms with Crippen molar-refractivity contribution < 1.29 is 22.4 Å². The molecule has 3 aromatic rings. The van der Waals surface area contributed by atoms with Gasteiger partial charge in [-0.1, -0.05) is 4.49 Å². The molecule has 0 radical (unpaired) electrons. The number of carbonyl (C=O) groups is 1. The summed E-state index contributed by atoms with van der Waals surface area (Å²) in [5, 5.41) is 13.2. The summed E-state index contributed by atoms with van der Waals surface area (Å²) in [7, 11) is 0. The Kier molecular flexibility index (Phi) is 6.03. The van der Waals surface area contributed by atoms with Crippen LogP contribution in [0.2, 0.25) is 0 Å². The van der Waals surface area contributed by atoms with Crippen LogP contribution in [0.3, 0.4) is 0 Å². The summed E-state index contributed by atoms with van der Waals surface area (Å²) >= 11 is 6.12. The van der Waals surface area contributed by atoms with Crippen molar-refractivity contribution >= 4 is 51.8 Å². The van der Waals surface area contributed by atoms with Gasteiger partial charge in [-0.25, -0.2) is 4.39 Å². The summed E-state index contributed by atoms with van der Waals surface area (Å²) in [6.45, 7) is 0. The molecule has 2 aromatic carbocycles. The van der Waals surface area contributed by atoms with Crippen molar-refractivity contribution in [2.24, 2.45) is 0 Å². The van der Waals surface area contributed by atoms with Crippen LogP contribution in [0, 0.1) is 5.82 Å². The van der Waals surface area contributed by atoms with Gasteiger partial charge in [0.15, 0.2) is 10.8 Å². The van der Waals surface area contributed by atoms with E-state index >= 15 is 0 Å². The first-order valence-electron chi connectivity index (χ1n) is 7.85. The smallest absolute Gasteiger partial charge is 0.332 e. The predicted octanol–water partition coefficient (Wildman–Crippen LogP) is 4.76. The highest BCUT2D eigenvalue weighted by Gasteiger charge is 2.34. The molecule has 0 spiro atoms. The van der Waals surface area contributed by atoms with Crippen molar-refractivity contribution in [1.82, 2.24) is 9.59 Å². The lowest BCUT2D eigenvalue weighted by molar-refractivity contribution is -0.139. The number of halogens is 4. The third-order valence-electron chi connectivity index (χ3n) is 3.52. The van der Waals surface area contributed by atoms with E-state index in [1.165, 1.54) is 5.38 Å². The van der Waals surface area contributed by atoms with Gasteiger partial charge in [0.2, 0.25) is 0 Å². The fourth-order valence-electron chi connectivity index (χ4n) is 2.21. The van der Waals surface area contributed by atoms with Crippen LogP contribution < -0.4 is 16.0 Å². The van der Waals surface area contributed by atoms with Gasteiger partial charge in [0.05, 0.1) is 5.56 Å². The zero-order chi connectivity index (χ0) is 21.0. The Bertz CT molecular complexity index is 1020. The van der Waals surface area contributed by atoms with Gasteiger partial charge < -0.3 is 16.0 Å². The van der Waals surface area contributed by atoms with Crippen molar-refractivity contribution in [3.63, 3.8) is 0 Å². The molecule has 1 heterocycles. The van der Waals surface area contributed by atoms with Crippen LogP contribution in [-0.2, 0) is 6.18 Å². The second kappa shape index (κ2) is 8.49. The van der Waals surface area contributed by atoms with E-state index < -0.39 is 23.5 Å². The molecule has 12 heteroatoms. The number of benzene rings is 2. The molecule has 0 bridgehead atoms. The molecule has 0 saturated carbocycles. The van der Waals surface area contributed by atoms with E-state index in [2.05, 4.69) is 25.5 Å². The Hall–Kier alpha value is -3.12. The number of aromatic nitrogens is 2. The van der Waals surface area contributed by atoms with Crippen LogP contribution in [0.4, 0.5) is 34.6 Å². The highest BCUT2D eigenvalue weighted by molar-refractivity contribution is 7.80. The summed E-state index contributed by atoms with van der Waals surface area (Å²) in [5.41, 5.74) is -0.187. The molecule has 0 aliphatic rings. The van der Waals surface area contributed by atoms with E-state index in [0.717, 1.165) is 17.6 Å². The second-order valence-electron chi connectivity index (χ2n) is 5.59. The predicted molar refractivity (Wildman–Crippen MR) is 106 cm³/mol. The lowest BCUT2D eigenvalue weighted by atomic mass is 10.2. The lowest BCUT2D eigenvalue weighted by Gasteiger charge is -2.13. The van der Waals surface area contributed by atoms with Gasteiger partial charge in [-0.05, 0) is 66.2 Å². The van der Waals surface area contributed by atoms with Crippen LogP contribution in [0.1, 0.15) is 16.1 Å². The molecule has 29 heavy (non-hydrogen) atoms. The molecule has 0 aliphatic carbocycles. The van der Waals surface area contributed by atoms with Gasteiger partial charge in [0.25, 0.3) is 5.91 Å². The fraction of sp³-hybridized carbons (Fsp3) is 0.0588. The normalized spacial score (nSPS) is 11.0.